The number of nitrogen functional groups attached to an aromatic ring is 1. The van der Waals surface area contributed by atoms with Crippen molar-refractivity contribution in [3.8, 4) is 28.7 Å². The van der Waals surface area contributed by atoms with Gasteiger partial charge in [0.05, 0.1) is 0 Å². The van der Waals surface area contributed by atoms with Crippen LogP contribution in [-0.4, -0.2) is 25.1 Å². The van der Waals surface area contributed by atoms with Gasteiger partial charge >= 0.3 is 0 Å². The van der Waals surface area contributed by atoms with Crippen LogP contribution < -0.4 is 5.73 Å². The fraction of sp³-hybridized carbons (Fsp3) is 0. The predicted octanol–water partition coefficient (Wildman–Crippen LogP) is 2.84. The minimum Gasteiger partial charge on any atom is -0.382 e. The number of anilines is 1. The number of benzene rings is 2. The van der Waals surface area contributed by atoms with Gasteiger partial charge in [-0.2, -0.15) is 9.67 Å². The van der Waals surface area contributed by atoms with Gasteiger partial charge in [-0.1, -0.05) is 40.7 Å². The highest BCUT2D eigenvalue weighted by Crippen LogP contribution is 2.27. The molecule has 7 nitrogen and oxygen atoms in total. The first-order chi connectivity index (χ1) is 12.1. The number of hydrogen-bond acceptors (Lipinski definition) is 6. The van der Waals surface area contributed by atoms with Gasteiger partial charge in [-0.25, -0.2) is 8.78 Å². The van der Waals surface area contributed by atoms with Crippen LogP contribution in [0.15, 0.2) is 53.1 Å². The van der Waals surface area contributed by atoms with E-state index in [1.54, 1.807) is 0 Å². The molecule has 124 valence electrons. The van der Waals surface area contributed by atoms with Crippen molar-refractivity contribution in [2.45, 2.75) is 0 Å². The van der Waals surface area contributed by atoms with Gasteiger partial charge in [-0.3, -0.25) is 0 Å². The fourth-order valence-corrected chi connectivity index (χ4v) is 2.30. The lowest BCUT2D eigenvalue weighted by atomic mass is 10.2. The lowest BCUT2D eigenvalue weighted by molar-refractivity contribution is 0.431. The van der Waals surface area contributed by atoms with Crippen LogP contribution in [0.5, 0.6) is 0 Å². The van der Waals surface area contributed by atoms with E-state index in [1.165, 1.54) is 6.07 Å². The van der Waals surface area contributed by atoms with Crippen molar-refractivity contribution >= 4 is 5.82 Å². The fourth-order valence-electron chi connectivity index (χ4n) is 2.30. The molecule has 0 amide bonds. The van der Waals surface area contributed by atoms with Crippen LogP contribution in [0.25, 0.3) is 28.7 Å². The summed E-state index contributed by atoms with van der Waals surface area (Å²) in [5.41, 5.74) is 6.80. The summed E-state index contributed by atoms with van der Waals surface area (Å²) in [6.45, 7) is 0. The molecule has 4 aromatic rings. The summed E-state index contributed by atoms with van der Waals surface area (Å²) in [4.78, 5) is 4.23. The van der Waals surface area contributed by atoms with E-state index in [1.807, 2.05) is 30.3 Å². The van der Waals surface area contributed by atoms with Crippen molar-refractivity contribution in [2.75, 3.05) is 5.73 Å². The lowest BCUT2D eigenvalue weighted by Gasteiger charge is -2.04. The predicted molar refractivity (Wildman–Crippen MR) is 84.4 cm³/mol. The maximum atomic E-state index is 13.9. The maximum Gasteiger partial charge on any atom is 0.282 e. The van der Waals surface area contributed by atoms with Crippen molar-refractivity contribution in [3.63, 3.8) is 0 Å². The minimum atomic E-state index is -0.821. The van der Waals surface area contributed by atoms with E-state index in [2.05, 4.69) is 20.5 Å². The van der Waals surface area contributed by atoms with Gasteiger partial charge in [-0.05, 0) is 12.1 Å². The number of halogens is 2. The minimum absolute atomic E-state index is 0.00577. The Morgan fingerprint density at radius 2 is 1.84 bits per heavy atom. The number of hydrogen-bond donors (Lipinski definition) is 1. The Morgan fingerprint density at radius 1 is 1.04 bits per heavy atom. The van der Waals surface area contributed by atoms with Crippen molar-refractivity contribution < 1.29 is 13.3 Å². The van der Waals surface area contributed by atoms with E-state index >= 15 is 0 Å². The summed E-state index contributed by atoms with van der Waals surface area (Å²) >= 11 is 0. The van der Waals surface area contributed by atoms with Gasteiger partial charge in [0.25, 0.3) is 5.89 Å². The summed E-state index contributed by atoms with van der Waals surface area (Å²) in [5, 5.41) is 11.5. The van der Waals surface area contributed by atoms with E-state index in [-0.39, 0.29) is 23.1 Å². The molecule has 2 aromatic carbocycles. The Hall–Kier alpha value is -3.62. The highest BCUT2D eigenvalue weighted by atomic mass is 19.1. The second-order valence-electron chi connectivity index (χ2n) is 5.12. The monoisotopic (exact) mass is 340 g/mol. The largest absolute Gasteiger partial charge is 0.382 e. The average Bonchev–Trinajstić information content (AvgIpc) is 3.23. The zero-order valence-electron chi connectivity index (χ0n) is 12.6. The average molecular weight is 340 g/mol. The van der Waals surface area contributed by atoms with Crippen molar-refractivity contribution in [1.82, 2.24) is 25.1 Å². The van der Waals surface area contributed by atoms with Crippen molar-refractivity contribution in [3.05, 3.63) is 60.2 Å². The molecule has 2 aromatic heterocycles. The Labute approximate surface area is 139 Å². The summed E-state index contributed by atoms with van der Waals surface area (Å²) in [7, 11) is 0. The molecule has 0 aliphatic rings. The molecule has 2 N–H and O–H groups in total. The molecule has 0 unspecified atom stereocenters. The van der Waals surface area contributed by atoms with Crippen molar-refractivity contribution in [2.24, 2.45) is 0 Å². The molecule has 0 fully saturated rings. The molecule has 0 bridgehead atoms. The number of aromatic nitrogens is 5. The molecular weight excluding hydrogens is 330 g/mol. The van der Waals surface area contributed by atoms with E-state index < -0.39 is 11.6 Å². The molecular formula is C16H10F2N6O. The highest BCUT2D eigenvalue weighted by Gasteiger charge is 2.21. The second kappa shape index (κ2) is 5.78. The standard InChI is InChI=1S/C16H10F2N6O/c17-10-6-7-12(11(18)8-10)24-14(19)13(21-23-24)16-20-15(22-25-16)9-4-2-1-3-5-9/h1-8H,19H2. The van der Waals surface area contributed by atoms with Crippen LogP contribution in [0.2, 0.25) is 0 Å². The molecule has 9 heteroatoms. The lowest BCUT2D eigenvalue weighted by Crippen LogP contribution is -2.05. The molecule has 0 atom stereocenters. The third kappa shape index (κ3) is 2.61. The maximum absolute atomic E-state index is 13.9. The highest BCUT2D eigenvalue weighted by molar-refractivity contribution is 5.66. The first kappa shape index (κ1) is 14.9. The van der Waals surface area contributed by atoms with E-state index in [9.17, 15) is 8.78 Å². The zero-order valence-corrected chi connectivity index (χ0v) is 12.6. The SMILES string of the molecule is Nc1c(-c2nc(-c3ccccc3)no2)nnn1-c1ccc(F)cc1F. The topological polar surface area (TPSA) is 95.7 Å². The summed E-state index contributed by atoms with van der Waals surface area (Å²) in [6, 6.07) is 12.2. The molecule has 0 spiro atoms. The van der Waals surface area contributed by atoms with Crippen LogP contribution in [0.3, 0.4) is 0 Å². The molecule has 0 aliphatic heterocycles. The summed E-state index contributed by atoms with van der Waals surface area (Å²) < 4.78 is 33.2. The Bertz CT molecular complexity index is 1040. The molecule has 2 heterocycles. The normalized spacial score (nSPS) is 11.0. The Morgan fingerprint density at radius 3 is 2.60 bits per heavy atom. The molecule has 0 radical (unpaired) electrons. The second-order valence-corrected chi connectivity index (χ2v) is 5.12. The third-order valence-corrected chi connectivity index (χ3v) is 3.50. The van der Waals surface area contributed by atoms with Crippen LogP contribution >= 0.6 is 0 Å². The number of nitrogens with zero attached hydrogens (tertiary/aromatic N) is 5. The molecule has 0 aliphatic carbocycles. The number of rotatable bonds is 3. The van der Waals surface area contributed by atoms with Gasteiger partial charge in [0, 0.05) is 11.6 Å². The van der Waals surface area contributed by atoms with Crippen molar-refractivity contribution in [1.29, 1.82) is 0 Å². The number of nitrogens with two attached hydrogens (primary N) is 1. The smallest absolute Gasteiger partial charge is 0.282 e. The first-order valence-corrected chi connectivity index (χ1v) is 7.19. The quantitative estimate of drug-likeness (QED) is 0.616. The molecule has 4 rings (SSSR count). The Balaban J connectivity index is 1.74. The summed E-state index contributed by atoms with van der Waals surface area (Å²) in [6.07, 6.45) is 0. The van der Waals surface area contributed by atoms with Gasteiger partial charge in [-0.15, -0.1) is 5.10 Å². The van der Waals surface area contributed by atoms with Crippen LogP contribution in [-0.2, 0) is 0 Å². The van der Waals surface area contributed by atoms with E-state index in [0.29, 0.717) is 5.82 Å². The van der Waals surface area contributed by atoms with E-state index in [4.69, 9.17) is 10.3 Å². The van der Waals surface area contributed by atoms with Gasteiger partial charge < -0.3 is 10.3 Å². The molecule has 25 heavy (non-hydrogen) atoms. The van der Waals surface area contributed by atoms with Gasteiger partial charge in [0.1, 0.15) is 11.5 Å². The van der Waals surface area contributed by atoms with Gasteiger partial charge in [0.2, 0.25) is 5.82 Å². The molecule has 0 saturated heterocycles. The Kier molecular flexibility index (Phi) is 3.46. The first-order valence-electron chi connectivity index (χ1n) is 7.19. The zero-order chi connectivity index (χ0) is 17.4. The molecule has 0 saturated carbocycles. The van der Waals surface area contributed by atoms with Crippen LogP contribution in [0, 0.1) is 11.6 Å². The van der Waals surface area contributed by atoms with Crippen LogP contribution in [0.4, 0.5) is 14.6 Å². The third-order valence-electron chi connectivity index (χ3n) is 3.50. The summed E-state index contributed by atoms with van der Waals surface area (Å²) in [5.74, 6) is -1.13. The van der Waals surface area contributed by atoms with Gasteiger partial charge in [0.15, 0.2) is 17.3 Å². The van der Waals surface area contributed by atoms with Crippen LogP contribution in [0.1, 0.15) is 0 Å². The van der Waals surface area contributed by atoms with E-state index in [0.717, 1.165) is 22.4 Å².